The lowest BCUT2D eigenvalue weighted by atomic mass is 9.55. The number of nitro benzene ring substituents is 1. The molecule has 7 rings (SSSR count). The summed E-state index contributed by atoms with van der Waals surface area (Å²) in [7, 11) is 0. The number of unbranched alkanes of at least 4 members (excludes halogenated alkanes) is 11. The fourth-order valence-corrected chi connectivity index (χ4v) is 11.3. The number of nitrogens with zero attached hydrogens (tertiary/aromatic N) is 3. The number of carbonyl (C=O) groups excluding carboxylic acids is 2. The molecule has 75 heavy (non-hydrogen) atoms. The molecule has 17 heteroatoms. The van der Waals surface area contributed by atoms with Crippen molar-refractivity contribution < 1.29 is 58.0 Å². The maximum absolute atomic E-state index is 15.2. The lowest BCUT2D eigenvalue weighted by Crippen LogP contribution is -2.70. The number of hydrogen-bond acceptors (Lipinski definition) is 14. The zero-order valence-corrected chi connectivity index (χ0v) is 43.9. The van der Waals surface area contributed by atoms with Crippen molar-refractivity contribution in [3.8, 4) is 23.0 Å². The zero-order chi connectivity index (χ0) is 53.0. The topological polar surface area (TPSA) is 210 Å². The quantitative estimate of drug-likeness (QED) is 0.0237. The van der Waals surface area contributed by atoms with Crippen molar-refractivity contribution >= 4 is 23.6 Å². The van der Waals surface area contributed by atoms with Gasteiger partial charge in [-0.2, -0.15) is 0 Å². The van der Waals surface area contributed by atoms with Gasteiger partial charge in [-0.3, -0.25) is 15.0 Å². The summed E-state index contributed by atoms with van der Waals surface area (Å²) in [6.07, 6.45) is 18.2. The first-order chi connectivity index (χ1) is 36.6. The Hall–Kier alpha value is -6.17. The predicted molar refractivity (Wildman–Crippen MR) is 284 cm³/mol. The third-order valence-corrected chi connectivity index (χ3v) is 14.9. The van der Waals surface area contributed by atoms with Gasteiger partial charge in [-0.25, -0.2) is 9.59 Å². The molecule has 6 atom stereocenters. The molecule has 0 spiro atoms. The number of aliphatic hydroxyl groups excluding tert-OH is 2. The maximum Gasteiger partial charge on any atom is 0.412 e. The Morgan fingerprint density at radius 3 is 2.27 bits per heavy atom. The molecule has 17 nitrogen and oxygen atoms in total. The van der Waals surface area contributed by atoms with Crippen LogP contribution >= 0.6 is 0 Å². The van der Waals surface area contributed by atoms with E-state index in [2.05, 4.69) is 24.9 Å². The van der Waals surface area contributed by atoms with Crippen LogP contribution in [0.3, 0.4) is 0 Å². The summed E-state index contributed by atoms with van der Waals surface area (Å²) in [6.45, 7) is 8.92. The van der Waals surface area contributed by atoms with Crippen LogP contribution in [0.25, 0.3) is 0 Å². The summed E-state index contributed by atoms with van der Waals surface area (Å²) in [5, 5.41) is 39.2. The highest BCUT2D eigenvalue weighted by Gasteiger charge is 2.66. The molecule has 408 valence electrons. The Morgan fingerprint density at radius 2 is 1.56 bits per heavy atom. The third-order valence-electron chi connectivity index (χ3n) is 14.9. The van der Waals surface area contributed by atoms with Gasteiger partial charge in [-0.15, -0.1) is 6.58 Å². The number of oxime groups is 1. The second kappa shape index (κ2) is 28.7. The largest absolute Gasteiger partial charge is 0.459 e. The van der Waals surface area contributed by atoms with E-state index < -0.39 is 40.8 Å². The number of amides is 2. The van der Waals surface area contributed by atoms with Crippen molar-refractivity contribution in [2.24, 2.45) is 22.9 Å². The number of fused-ring (bicyclic) bond motifs is 3. The fraction of sp³-hybridized carbons (Fsp3) is 0.569. The number of allylic oxidation sites excluding steroid dienone is 1. The number of nitro groups is 1. The van der Waals surface area contributed by atoms with Crippen molar-refractivity contribution in [2.75, 3.05) is 39.8 Å². The van der Waals surface area contributed by atoms with Crippen LogP contribution in [0.4, 0.5) is 15.3 Å². The molecule has 3 aromatic rings. The molecule has 1 fully saturated rings. The lowest BCUT2D eigenvalue weighted by Gasteiger charge is -2.59. The number of rotatable bonds is 31. The van der Waals surface area contributed by atoms with Gasteiger partial charge < -0.3 is 48.8 Å². The second-order valence-corrected chi connectivity index (χ2v) is 20.0. The third kappa shape index (κ3) is 14.6. The molecule has 2 amide bonds. The number of ether oxygens (including phenoxy) is 6. The zero-order valence-electron chi connectivity index (χ0n) is 43.9. The highest BCUT2D eigenvalue weighted by Crippen LogP contribution is 2.62. The van der Waals surface area contributed by atoms with E-state index in [4.69, 9.17) is 38.4 Å². The van der Waals surface area contributed by atoms with Crippen molar-refractivity contribution in [1.82, 2.24) is 10.2 Å². The Kier molecular flexibility index (Phi) is 21.6. The maximum atomic E-state index is 15.2. The first-order valence-corrected chi connectivity index (χ1v) is 27.4. The first-order valence-electron chi connectivity index (χ1n) is 27.4. The minimum absolute atomic E-state index is 0.00295. The SMILES string of the molecule is C=CCOC12Oc3ccc(OC(=O)NCC)cc3C3C(CCCCO)C(CCCCO)C=C(C(=NOCc4ccc([N+](=O)[O-])cc4)CC1N(Cc1ccc4c(c1)OCO4)C(=O)OCCCCCCCCCCCC)C32. The van der Waals surface area contributed by atoms with E-state index in [1.165, 1.54) is 50.7 Å². The Bertz CT molecular complexity index is 2410. The van der Waals surface area contributed by atoms with Crippen LogP contribution in [-0.4, -0.2) is 89.5 Å². The average Bonchev–Trinajstić information content (AvgIpc) is 3.88. The van der Waals surface area contributed by atoms with Gasteiger partial charge >= 0.3 is 12.2 Å². The number of benzene rings is 3. The molecule has 0 bridgehead atoms. The highest BCUT2D eigenvalue weighted by atomic mass is 16.7. The van der Waals surface area contributed by atoms with Crippen LogP contribution in [0.15, 0.2) is 90.1 Å². The van der Waals surface area contributed by atoms with Crippen LogP contribution in [0.1, 0.15) is 146 Å². The van der Waals surface area contributed by atoms with Gasteiger partial charge in [0.05, 0.1) is 29.8 Å². The molecule has 4 aliphatic rings. The summed E-state index contributed by atoms with van der Waals surface area (Å²) in [5.41, 5.74) is 3.50. The molecule has 0 aromatic heterocycles. The van der Waals surface area contributed by atoms with Crippen LogP contribution in [0.5, 0.6) is 23.0 Å². The van der Waals surface area contributed by atoms with E-state index in [1.54, 1.807) is 35.2 Å². The van der Waals surface area contributed by atoms with Gasteiger partial charge in [0.2, 0.25) is 12.6 Å². The Morgan fingerprint density at radius 1 is 0.867 bits per heavy atom. The van der Waals surface area contributed by atoms with Crippen molar-refractivity contribution in [3.63, 3.8) is 0 Å². The summed E-state index contributed by atoms with van der Waals surface area (Å²) >= 11 is 0. The van der Waals surface area contributed by atoms with Gasteiger partial charge in [0.15, 0.2) is 11.5 Å². The van der Waals surface area contributed by atoms with E-state index in [0.29, 0.717) is 72.9 Å². The van der Waals surface area contributed by atoms with E-state index in [9.17, 15) is 25.1 Å². The molecule has 3 N–H and O–H groups in total. The Labute approximate surface area is 441 Å². The second-order valence-electron chi connectivity index (χ2n) is 20.0. The molecule has 0 radical (unpaired) electrons. The first kappa shape index (κ1) is 56.6. The number of aliphatic hydroxyl groups is 2. The molecule has 1 saturated carbocycles. The van der Waals surface area contributed by atoms with Crippen LogP contribution < -0.4 is 24.3 Å². The van der Waals surface area contributed by atoms with Gasteiger partial charge in [0.25, 0.3) is 5.69 Å². The average molecular weight is 1040 g/mol. The van der Waals surface area contributed by atoms with E-state index >= 15 is 4.79 Å². The van der Waals surface area contributed by atoms with E-state index in [0.717, 1.165) is 48.8 Å². The number of non-ortho nitro benzene ring substituents is 1. The predicted octanol–water partition coefficient (Wildman–Crippen LogP) is 11.8. The molecule has 2 aliphatic heterocycles. The molecular weight excluding hydrogens is 961 g/mol. The minimum Gasteiger partial charge on any atom is -0.459 e. The molecule has 0 saturated heterocycles. The summed E-state index contributed by atoms with van der Waals surface area (Å²) < 4.78 is 38.2. The van der Waals surface area contributed by atoms with Crippen LogP contribution in [0.2, 0.25) is 0 Å². The molecule has 2 heterocycles. The summed E-state index contributed by atoms with van der Waals surface area (Å²) in [6, 6.07) is 16.1. The number of nitrogens with one attached hydrogen (secondary N) is 1. The summed E-state index contributed by atoms with van der Waals surface area (Å²) in [4.78, 5) is 47.1. The molecule has 6 unspecified atom stereocenters. The normalized spacial score (nSPS) is 21.5. The molecule has 3 aromatic carbocycles. The van der Waals surface area contributed by atoms with Crippen LogP contribution in [-0.2, 0) is 27.5 Å². The fourth-order valence-electron chi connectivity index (χ4n) is 11.3. The van der Waals surface area contributed by atoms with Gasteiger partial charge in [-0.1, -0.05) is 101 Å². The minimum atomic E-state index is -1.60. The molecule has 2 aliphatic carbocycles. The van der Waals surface area contributed by atoms with Gasteiger partial charge in [0, 0.05) is 56.3 Å². The van der Waals surface area contributed by atoms with Crippen LogP contribution in [0, 0.1) is 27.9 Å². The summed E-state index contributed by atoms with van der Waals surface area (Å²) in [5.74, 6) is -0.850. The van der Waals surface area contributed by atoms with E-state index in [1.807, 2.05) is 31.2 Å². The number of carbonyl (C=O) groups is 2. The highest BCUT2D eigenvalue weighted by molar-refractivity contribution is 6.03. The van der Waals surface area contributed by atoms with Crippen molar-refractivity contribution in [2.45, 2.75) is 154 Å². The monoisotopic (exact) mass is 1040 g/mol. The lowest BCUT2D eigenvalue weighted by molar-refractivity contribution is -0.384. The van der Waals surface area contributed by atoms with Gasteiger partial charge in [-0.05, 0) is 110 Å². The molecular formula is C58H78N4O13. The van der Waals surface area contributed by atoms with Crippen molar-refractivity contribution in [1.29, 1.82) is 0 Å². The standard InChI is InChI=1S/C58H78N4O13/c1-4-7-8-9-10-11-12-13-14-19-33-69-57(66)61(38-42-24-28-51-52(34-42)71-40-70-51)53-37-49(60-73-39-41-22-25-44(26-23-41)62(67)68)47-35-43(20-15-17-30-63)46(21-16-18-31-64)54-48-36-45(74-56(65)59-6-3)27-29-50(48)75-58(53,55(47)54)72-32-5-2/h5,22-29,34-36,43,46,53-55,63-64H,2,4,6-21,30-33,37-40H2,1,3H3,(H,59,65). The smallest absolute Gasteiger partial charge is 0.412 e. The Balaban J connectivity index is 1.35. The number of hydrogen-bond donors (Lipinski definition) is 3. The van der Waals surface area contributed by atoms with Crippen molar-refractivity contribution in [3.05, 3.63) is 112 Å². The van der Waals surface area contributed by atoms with E-state index in [-0.39, 0.29) is 70.3 Å². The van der Waals surface area contributed by atoms with Gasteiger partial charge in [0.1, 0.15) is 24.1 Å².